The average molecular weight is 1110 g/mol. The van der Waals surface area contributed by atoms with E-state index in [0.29, 0.717) is 0 Å². The monoisotopic (exact) mass is 1110 g/mol. The normalized spacial score (nSPS) is 12.1. The van der Waals surface area contributed by atoms with Crippen molar-refractivity contribution in [2.24, 2.45) is 0 Å². The van der Waals surface area contributed by atoms with Gasteiger partial charge in [-0.25, -0.2) is 4.39 Å². The molecule has 0 bridgehead atoms. The van der Waals surface area contributed by atoms with Gasteiger partial charge in [-0.15, -0.1) is 47.5 Å². The fraction of sp³-hybridized carbons (Fsp3) is 0.100. The van der Waals surface area contributed by atoms with E-state index in [1.807, 2.05) is 44.3 Å². The van der Waals surface area contributed by atoms with Gasteiger partial charge in [0, 0.05) is 42.8 Å². The number of imidazole rings is 1. The Hall–Kier alpha value is -6.38. The van der Waals surface area contributed by atoms with Gasteiger partial charge in [0.05, 0.1) is 24.9 Å². The summed E-state index contributed by atoms with van der Waals surface area (Å²) in [6, 6.07) is 66.6. The summed E-state index contributed by atoms with van der Waals surface area (Å²) in [5, 5.41) is 6.27. The molecule has 0 unspecified atom stereocenters. The maximum Gasteiger partial charge on any atom is 0.123 e. The summed E-state index contributed by atoms with van der Waals surface area (Å²) in [6.45, 7) is 10.9. The molecule has 4 aromatic heterocycles. The summed E-state index contributed by atoms with van der Waals surface area (Å²) >= 11 is 3.60. The van der Waals surface area contributed by atoms with E-state index in [2.05, 4.69) is 164 Å². The minimum absolute atomic E-state index is 0. The van der Waals surface area contributed by atoms with E-state index in [0.717, 1.165) is 56.1 Å². The van der Waals surface area contributed by atoms with E-state index >= 15 is 0 Å². The standard InChI is InChI=1S/C37H22FN2S.C23H24NSSi.Ir/c38-29-16-10-25(11-17-29)26-12-18-30(19-13-26)40-34-9-5-4-8-33(34)39-37(40)28-15-21-36-32(23-28)31-22-27(14-20-35(31)41-36)24-6-2-1-3-7-24;1-15(2)18-13-20(24-14-23(18)26(3,4)5)16-10-11-22-19(12-16)17-8-6-7-9-21(17)25-22;/h1-14,16-23H;6-9,11-15H,1-5H3;/q2*-1;/i;15D;. The van der Waals surface area contributed by atoms with E-state index in [4.69, 9.17) is 11.3 Å². The molecule has 8 heteroatoms. The molecule has 0 saturated carbocycles. The number of pyridine rings is 1. The van der Waals surface area contributed by atoms with Crippen LogP contribution in [0.4, 0.5) is 4.39 Å². The van der Waals surface area contributed by atoms with Crippen LogP contribution in [-0.2, 0) is 20.1 Å². The number of aromatic nitrogens is 3. The number of thiophene rings is 2. The van der Waals surface area contributed by atoms with Gasteiger partial charge in [-0.1, -0.05) is 147 Å². The zero-order valence-electron chi connectivity index (χ0n) is 39.2. The van der Waals surface area contributed by atoms with Gasteiger partial charge < -0.3 is 9.55 Å². The quantitative estimate of drug-likeness (QED) is 0.118. The molecule has 12 aromatic rings. The molecule has 8 aromatic carbocycles. The molecule has 3 nitrogen and oxygen atoms in total. The van der Waals surface area contributed by atoms with Crippen molar-refractivity contribution < 1.29 is 25.9 Å². The zero-order valence-corrected chi connectivity index (χ0v) is 43.2. The molecular weight excluding hydrogens is 1070 g/mol. The Bertz CT molecular complexity index is 3830. The third-order valence-corrected chi connectivity index (χ3v) is 16.7. The van der Waals surface area contributed by atoms with Gasteiger partial charge in [0.15, 0.2) is 0 Å². The first-order chi connectivity index (χ1) is 32.9. The zero-order chi connectivity index (χ0) is 46.7. The third kappa shape index (κ3) is 8.68. The Kier molecular flexibility index (Phi) is 12.1. The minimum Gasteiger partial charge on any atom is -0.333 e. The van der Waals surface area contributed by atoms with Gasteiger partial charge in [-0.05, 0) is 114 Å². The predicted molar refractivity (Wildman–Crippen MR) is 288 cm³/mol. The summed E-state index contributed by atoms with van der Waals surface area (Å²) in [4.78, 5) is 9.86. The fourth-order valence-electron chi connectivity index (χ4n) is 9.01. The molecule has 0 aliphatic carbocycles. The Morgan fingerprint density at radius 1 is 0.588 bits per heavy atom. The van der Waals surface area contributed by atoms with Gasteiger partial charge in [-0.2, -0.15) is 22.7 Å². The average Bonchev–Trinajstić information content (AvgIpc) is 4.05. The molecule has 0 spiro atoms. The number of para-hydroxylation sites is 2. The molecular formula is C60H46FIrN3S2Si-2. The molecule has 0 saturated heterocycles. The molecule has 0 atom stereocenters. The van der Waals surface area contributed by atoms with Crippen LogP contribution in [0.2, 0.25) is 19.6 Å². The first-order valence-corrected chi connectivity index (χ1v) is 27.6. The van der Waals surface area contributed by atoms with Crippen molar-refractivity contribution in [1.29, 1.82) is 0 Å². The summed E-state index contributed by atoms with van der Waals surface area (Å²) in [5.41, 5.74) is 11.3. The van der Waals surface area contributed by atoms with Crippen LogP contribution >= 0.6 is 22.7 Å². The number of rotatable bonds is 7. The Balaban J connectivity index is 0.000000172. The van der Waals surface area contributed by atoms with Crippen molar-refractivity contribution in [3.63, 3.8) is 0 Å². The largest absolute Gasteiger partial charge is 0.333 e. The van der Waals surface area contributed by atoms with Gasteiger partial charge in [-0.3, -0.25) is 4.98 Å². The Morgan fingerprint density at radius 2 is 1.16 bits per heavy atom. The van der Waals surface area contributed by atoms with Crippen LogP contribution in [0.25, 0.3) is 102 Å². The van der Waals surface area contributed by atoms with E-state index in [9.17, 15) is 4.39 Å². The van der Waals surface area contributed by atoms with Crippen LogP contribution in [0.3, 0.4) is 0 Å². The number of nitrogens with zero attached hydrogens (tertiary/aromatic N) is 3. The smallest absolute Gasteiger partial charge is 0.123 e. The van der Waals surface area contributed by atoms with Crippen LogP contribution in [0.15, 0.2) is 182 Å². The van der Waals surface area contributed by atoms with Crippen LogP contribution in [0, 0.1) is 17.9 Å². The SMILES string of the molecule is Fc1ccc(-c2ccc(-n3c(-c4[c-]cc5sc6ccc(-c7ccccc7)cc6c5c4)nc4ccccc43)cc2)cc1.[2H]C(C)(C)c1cc(-c2[c-]cc3sc4ccccc4c3c2)ncc1[Si](C)(C)C.[Ir]. The van der Waals surface area contributed by atoms with Gasteiger partial charge in [0.25, 0.3) is 0 Å². The second-order valence-corrected chi connectivity index (χ2v) is 25.4. The van der Waals surface area contributed by atoms with Crippen molar-refractivity contribution >= 4 is 87.3 Å². The van der Waals surface area contributed by atoms with Crippen molar-refractivity contribution in [3.05, 3.63) is 206 Å². The summed E-state index contributed by atoms with van der Waals surface area (Å²) in [6.07, 6.45) is 2.01. The van der Waals surface area contributed by atoms with Crippen molar-refractivity contribution in [1.82, 2.24) is 14.5 Å². The number of hydrogen-bond donors (Lipinski definition) is 0. The summed E-state index contributed by atoms with van der Waals surface area (Å²) in [7, 11) is -1.57. The van der Waals surface area contributed by atoms with Gasteiger partial charge >= 0.3 is 0 Å². The van der Waals surface area contributed by atoms with E-state index in [1.54, 1.807) is 34.8 Å². The van der Waals surface area contributed by atoms with Crippen LogP contribution in [-0.4, -0.2) is 22.6 Å². The Labute approximate surface area is 420 Å². The molecule has 0 aliphatic heterocycles. The Morgan fingerprint density at radius 3 is 1.88 bits per heavy atom. The molecule has 0 fully saturated rings. The molecule has 0 N–H and O–H groups in total. The van der Waals surface area contributed by atoms with Gasteiger partial charge in [0.2, 0.25) is 0 Å². The molecule has 335 valence electrons. The second-order valence-electron chi connectivity index (χ2n) is 18.2. The maximum atomic E-state index is 13.5. The maximum absolute atomic E-state index is 13.5. The van der Waals surface area contributed by atoms with Gasteiger partial charge in [0.1, 0.15) is 5.82 Å². The first kappa shape index (κ1) is 44.1. The first-order valence-electron chi connectivity index (χ1n) is 23.0. The van der Waals surface area contributed by atoms with Crippen molar-refractivity contribution in [3.8, 4) is 50.6 Å². The van der Waals surface area contributed by atoms with Crippen LogP contribution in [0.1, 0.15) is 26.7 Å². The fourth-order valence-corrected chi connectivity index (χ4v) is 12.7. The molecule has 12 rings (SSSR count). The van der Waals surface area contributed by atoms with Crippen molar-refractivity contribution in [2.75, 3.05) is 0 Å². The third-order valence-electron chi connectivity index (χ3n) is 12.5. The molecule has 0 amide bonds. The van der Waals surface area contributed by atoms with Crippen LogP contribution < -0.4 is 5.19 Å². The number of hydrogen-bond acceptors (Lipinski definition) is 4. The summed E-state index contributed by atoms with van der Waals surface area (Å²) < 4.78 is 29.3. The second kappa shape index (κ2) is 18.6. The number of fused-ring (bicyclic) bond motifs is 7. The predicted octanol–water partition coefficient (Wildman–Crippen LogP) is 16.9. The van der Waals surface area contributed by atoms with Crippen LogP contribution in [0.5, 0.6) is 0 Å². The van der Waals surface area contributed by atoms with E-state index in [1.165, 1.54) is 68.8 Å². The topological polar surface area (TPSA) is 30.7 Å². The summed E-state index contributed by atoms with van der Waals surface area (Å²) in [5.74, 6) is -0.0315. The van der Waals surface area contributed by atoms with Crippen molar-refractivity contribution in [2.45, 2.75) is 39.4 Å². The minimum atomic E-state index is -1.57. The number of benzene rings is 8. The van der Waals surface area contributed by atoms with E-state index in [-0.39, 0.29) is 25.9 Å². The molecule has 1 radical (unpaired) electrons. The number of halogens is 1. The molecule has 0 aliphatic rings. The van der Waals surface area contributed by atoms with E-state index < -0.39 is 14.0 Å². The molecule has 68 heavy (non-hydrogen) atoms. The molecule has 4 heterocycles.